The van der Waals surface area contributed by atoms with Crippen LogP contribution in [0.4, 0.5) is 5.69 Å². The summed E-state index contributed by atoms with van der Waals surface area (Å²) in [6, 6.07) is 3.35. The molecule has 2 rings (SSSR count). The van der Waals surface area contributed by atoms with Crippen molar-refractivity contribution in [2.45, 2.75) is 20.8 Å². The molecule has 0 aliphatic carbocycles. The first kappa shape index (κ1) is 20.7. The van der Waals surface area contributed by atoms with Crippen molar-refractivity contribution in [3.05, 3.63) is 36.4 Å². The monoisotopic (exact) mass is 322 g/mol. The maximum absolute atomic E-state index is 11.8. The van der Waals surface area contributed by atoms with Crippen LogP contribution in [0.15, 0.2) is 25.3 Å². The van der Waals surface area contributed by atoms with Crippen molar-refractivity contribution in [2.75, 3.05) is 31.7 Å². The van der Waals surface area contributed by atoms with Crippen molar-refractivity contribution in [3.63, 3.8) is 0 Å². The minimum atomic E-state index is -0.439. The zero-order valence-electron chi connectivity index (χ0n) is 14.3. The maximum Gasteiger partial charge on any atom is 0.338 e. The summed E-state index contributed by atoms with van der Waals surface area (Å²) in [4.78, 5) is 25.0. The van der Waals surface area contributed by atoms with E-state index in [0.717, 1.165) is 5.56 Å². The molecule has 1 aliphatic rings. The fourth-order valence-electron chi connectivity index (χ4n) is 2.05. The van der Waals surface area contributed by atoms with Gasteiger partial charge < -0.3 is 20.1 Å². The second-order valence-electron chi connectivity index (χ2n) is 4.25. The number of esters is 1. The van der Waals surface area contributed by atoms with E-state index >= 15 is 0 Å². The predicted molar refractivity (Wildman–Crippen MR) is 92.0 cm³/mol. The third-order valence-electron chi connectivity index (χ3n) is 3.01. The Morgan fingerprint density at radius 1 is 1.39 bits per heavy atom. The number of fused-ring (bicyclic) bond motifs is 1. The number of rotatable bonds is 3. The molecule has 0 saturated carbocycles. The van der Waals surface area contributed by atoms with E-state index in [2.05, 4.69) is 13.2 Å². The third kappa shape index (κ3) is 4.82. The Labute approximate surface area is 137 Å². The highest BCUT2D eigenvalue weighted by Crippen LogP contribution is 2.34. The molecule has 6 nitrogen and oxygen atoms in total. The first-order valence-electron chi connectivity index (χ1n) is 7.44. The van der Waals surface area contributed by atoms with Gasteiger partial charge in [-0.1, -0.05) is 13.8 Å². The van der Waals surface area contributed by atoms with Gasteiger partial charge in [-0.2, -0.15) is 0 Å². The smallest absolute Gasteiger partial charge is 0.338 e. The van der Waals surface area contributed by atoms with Gasteiger partial charge in [0.15, 0.2) is 6.61 Å². The molecular formula is C17H26N2O4. The van der Waals surface area contributed by atoms with Crippen LogP contribution in [0, 0.1) is 6.92 Å². The molecule has 2 N–H and O–H groups in total. The van der Waals surface area contributed by atoms with Crippen LogP contribution in [-0.2, 0) is 9.53 Å². The Hall–Kier alpha value is -2.34. The van der Waals surface area contributed by atoms with Gasteiger partial charge in [-0.15, -0.1) is 13.2 Å². The van der Waals surface area contributed by atoms with Gasteiger partial charge in [0.05, 0.1) is 18.4 Å². The van der Waals surface area contributed by atoms with E-state index in [0.29, 0.717) is 30.1 Å². The zero-order valence-corrected chi connectivity index (χ0v) is 14.3. The summed E-state index contributed by atoms with van der Waals surface area (Å²) >= 11 is 0. The predicted octanol–water partition coefficient (Wildman–Crippen LogP) is 2.29. The Morgan fingerprint density at radius 2 is 2.00 bits per heavy atom. The molecule has 1 aromatic rings. The number of methoxy groups -OCH3 is 1. The van der Waals surface area contributed by atoms with Gasteiger partial charge in [0.25, 0.3) is 5.91 Å². The Bertz CT molecular complexity index is 544. The second-order valence-corrected chi connectivity index (χ2v) is 4.25. The van der Waals surface area contributed by atoms with Crippen LogP contribution in [-0.4, -0.2) is 38.7 Å². The molecule has 0 radical (unpaired) electrons. The van der Waals surface area contributed by atoms with Crippen molar-refractivity contribution in [1.82, 2.24) is 0 Å². The molecule has 0 unspecified atom stereocenters. The topological polar surface area (TPSA) is 81.9 Å². The maximum atomic E-state index is 11.8. The minimum Gasteiger partial charge on any atom is -0.482 e. The highest BCUT2D eigenvalue weighted by Gasteiger charge is 2.27. The number of ether oxygens (including phenoxy) is 2. The van der Waals surface area contributed by atoms with Gasteiger partial charge in [0.2, 0.25) is 0 Å². The molecule has 0 spiro atoms. The summed E-state index contributed by atoms with van der Waals surface area (Å²) < 4.78 is 10.1. The number of benzene rings is 1. The molecule has 0 bridgehead atoms. The summed E-state index contributed by atoms with van der Waals surface area (Å²) in [5, 5.41) is 0. The molecule has 0 aromatic heterocycles. The normalized spacial score (nSPS) is 11.9. The van der Waals surface area contributed by atoms with Gasteiger partial charge in [0.1, 0.15) is 5.75 Å². The van der Waals surface area contributed by atoms with Crippen molar-refractivity contribution in [2.24, 2.45) is 5.73 Å². The standard InChI is InChI=1S/C13H16N2O4.C2H6.C2H4/c1-8-5-11-10(6-9(8)13(17)18-2)15(4-3-14)12(16)7-19-11;2*1-2/h5-6H,3-4,7,14H2,1-2H3;1-2H3;1-2H2. The summed E-state index contributed by atoms with van der Waals surface area (Å²) in [5.74, 6) is -0.0261. The molecule has 0 saturated heterocycles. The van der Waals surface area contributed by atoms with Crippen LogP contribution in [0.1, 0.15) is 29.8 Å². The van der Waals surface area contributed by atoms with Crippen LogP contribution in [0.5, 0.6) is 5.75 Å². The van der Waals surface area contributed by atoms with Crippen LogP contribution >= 0.6 is 0 Å². The molecule has 1 aliphatic heterocycles. The summed E-state index contributed by atoms with van der Waals surface area (Å²) in [5.41, 5.74) is 7.23. The number of nitrogens with zero attached hydrogens (tertiary/aromatic N) is 1. The fraction of sp³-hybridized carbons (Fsp3) is 0.412. The Balaban J connectivity index is 0.00000112. The average molecular weight is 322 g/mol. The Morgan fingerprint density at radius 3 is 2.52 bits per heavy atom. The molecule has 0 fully saturated rings. The highest BCUT2D eigenvalue weighted by atomic mass is 16.5. The number of nitrogens with two attached hydrogens (primary N) is 1. The SMILES string of the molecule is C=C.CC.COC(=O)c1cc2c(cc1C)OCC(=O)N2CCN. The van der Waals surface area contributed by atoms with E-state index in [1.54, 1.807) is 19.1 Å². The van der Waals surface area contributed by atoms with Gasteiger partial charge in [-0.25, -0.2) is 4.79 Å². The van der Waals surface area contributed by atoms with Gasteiger partial charge >= 0.3 is 5.97 Å². The van der Waals surface area contributed by atoms with Crippen molar-refractivity contribution >= 4 is 17.6 Å². The molecular weight excluding hydrogens is 296 g/mol. The molecule has 6 heteroatoms. The van der Waals surface area contributed by atoms with Gasteiger partial charge in [0, 0.05) is 13.1 Å². The number of hydrogen-bond donors (Lipinski definition) is 1. The fourth-order valence-corrected chi connectivity index (χ4v) is 2.05. The van der Waals surface area contributed by atoms with E-state index < -0.39 is 5.97 Å². The first-order chi connectivity index (χ1) is 11.1. The van der Waals surface area contributed by atoms with Crippen molar-refractivity contribution in [1.29, 1.82) is 0 Å². The van der Waals surface area contributed by atoms with E-state index in [4.69, 9.17) is 15.2 Å². The van der Waals surface area contributed by atoms with Crippen molar-refractivity contribution < 1.29 is 19.1 Å². The van der Waals surface area contributed by atoms with Crippen LogP contribution < -0.4 is 15.4 Å². The molecule has 1 amide bonds. The van der Waals surface area contributed by atoms with E-state index in [1.807, 2.05) is 13.8 Å². The van der Waals surface area contributed by atoms with Gasteiger partial charge in [-0.3, -0.25) is 4.79 Å². The molecule has 128 valence electrons. The van der Waals surface area contributed by atoms with E-state index in [1.165, 1.54) is 12.0 Å². The lowest BCUT2D eigenvalue weighted by Crippen LogP contribution is -2.41. The average Bonchev–Trinajstić information content (AvgIpc) is 2.60. The van der Waals surface area contributed by atoms with Crippen LogP contribution in [0.2, 0.25) is 0 Å². The van der Waals surface area contributed by atoms with E-state index in [-0.39, 0.29) is 12.5 Å². The molecule has 1 heterocycles. The largest absolute Gasteiger partial charge is 0.482 e. The van der Waals surface area contributed by atoms with E-state index in [9.17, 15) is 9.59 Å². The minimum absolute atomic E-state index is 0.00991. The zero-order chi connectivity index (χ0) is 18.0. The quantitative estimate of drug-likeness (QED) is 0.682. The molecule has 1 aromatic carbocycles. The summed E-state index contributed by atoms with van der Waals surface area (Å²) in [6.07, 6.45) is 0. The third-order valence-corrected chi connectivity index (χ3v) is 3.01. The highest BCUT2D eigenvalue weighted by molar-refractivity contribution is 6.00. The van der Waals surface area contributed by atoms with Crippen molar-refractivity contribution in [3.8, 4) is 5.75 Å². The summed E-state index contributed by atoms with van der Waals surface area (Å²) in [6.45, 7) is 12.5. The number of amides is 1. The molecule has 0 atom stereocenters. The number of carbonyl (C=O) groups excluding carboxylic acids is 2. The lowest BCUT2D eigenvalue weighted by Gasteiger charge is -2.29. The number of anilines is 1. The number of carbonyl (C=O) groups is 2. The van der Waals surface area contributed by atoms with Crippen LogP contribution in [0.25, 0.3) is 0 Å². The lowest BCUT2D eigenvalue weighted by atomic mass is 10.1. The van der Waals surface area contributed by atoms with Crippen LogP contribution in [0.3, 0.4) is 0 Å². The molecule has 23 heavy (non-hydrogen) atoms. The number of aryl methyl sites for hydroxylation is 1. The Kier molecular flexibility index (Phi) is 9.34. The second kappa shape index (κ2) is 10.4. The summed E-state index contributed by atoms with van der Waals surface area (Å²) in [7, 11) is 1.32. The first-order valence-corrected chi connectivity index (χ1v) is 7.44. The lowest BCUT2D eigenvalue weighted by molar-refractivity contribution is -0.121. The number of hydrogen-bond acceptors (Lipinski definition) is 5. The van der Waals surface area contributed by atoms with Gasteiger partial charge in [-0.05, 0) is 24.6 Å².